The number of hydrogen-bond donors (Lipinski definition) is 1. The van der Waals surface area contributed by atoms with Gasteiger partial charge in [-0.25, -0.2) is 13.1 Å². The highest BCUT2D eigenvalue weighted by Crippen LogP contribution is 2.25. The summed E-state index contributed by atoms with van der Waals surface area (Å²) in [6.45, 7) is 10.7. The maximum absolute atomic E-state index is 12.4. The maximum atomic E-state index is 12.4. The highest BCUT2D eigenvalue weighted by Gasteiger charge is 2.15. The van der Waals surface area contributed by atoms with E-state index in [9.17, 15) is 8.42 Å². The molecule has 0 saturated heterocycles. The van der Waals surface area contributed by atoms with E-state index in [4.69, 9.17) is 9.47 Å². The van der Waals surface area contributed by atoms with E-state index in [2.05, 4.69) is 31.6 Å². The summed E-state index contributed by atoms with van der Waals surface area (Å²) in [5.74, 6) is 1.38. The topological polar surface area (TPSA) is 64.6 Å². The second-order valence-electron chi connectivity index (χ2n) is 7.66. The Hall–Kier alpha value is -2.05. The van der Waals surface area contributed by atoms with Gasteiger partial charge in [0.25, 0.3) is 0 Å². The van der Waals surface area contributed by atoms with Gasteiger partial charge in [-0.05, 0) is 61.2 Å². The Morgan fingerprint density at radius 2 is 1.67 bits per heavy atom. The van der Waals surface area contributed by atoms with Crippen molar-refractivity contribution < 1.29 is 17.9 Å². The number of benzene rings is 2. The predicted octanol–water partition coefficient (Wildman–Crippen LogP) is 4.13. The fourth-order valence-electron chi connectivity index (χ4n) is 2.45. The zero-order valence-corrected chi connectivity index (χ0v) is 17.5. The first-order chi connectivity index (χ1) is 12.6. The highest BCUT2D eigenvalue weighted by molar-refractivity contribution is 7.89. The van der Waals surface area contributed by atoms with E-state index < -0.39 is 10.0 Å². The third-order valence-corrected chi connectivity index (χ3v) is 5.35. The molecule has 1 N–H and O–H groups in total. The Morgan fingerprint density at radius 1 is 1.00 bits per heavy atom. The molecule has 5 nitrogen and oxygen atoms in total. The fourth-order valence-corrected chi connectivity index (χ4v) is 3.46. The molecule has 0 fully saturated rings. The van der Waals surface area contributed by atoms with Crippen LogP contribution in [0.15, 0.2) is 53.4 Å². The average Bonchev–Trinajstić information content (AvgIpc) is 2.58. The molecule has 0 bridgehead atoms. The molecule has 2 aromatic rings. The van der Waals surface area contributed by atoms with E-state index in [0.717, 1.165) is 5.75 Å². The van der Waals surface area contributed by atoms with E-state index in [1.54, 1.807) is 12.1 Å². The predicted molar refractivity (Wildman–Crippen MR) is 108 cm³/mol. The van der Waals surface area contributed by atoms with Gasteiger partial charge < -0.3 is 9.47 Å². The number of sulfonamides is 1. The zero-order chi connectivity index (χ0) is 20.1. The Labute approximate surface area is 162 Å². The van der Waals surface area contributed by atoms with Gasteiger partial charge in [-0.3, -0.25) is 0 Å². The van der Waals surface area contributed by atoms with Crippen LogP contribution in [0.1, 0.15) is 40.2 Å². The molecule has 148 valence electrons. The van der Waals surface area contributed by atoms with E-state index >= 15 is 0 Å². The molecule has 0 saturated carbocycles. The lowest BCUT2D eigenvalue weighted by Gasteiger charge is -2.19. The van der Waals surface area contributed by atoms with Crippen LogP contribution in [0.25, 0.3) is 0 Å². The molecule has 0 heterocycles. The zero-order valence-electron chi connectivity index (χ0n) is 16.7. The average molecular weight is 392 g/mol. The number of hydrogen-bond acceptors (Lipinski definition) is 4. The minimum atomic E-state index is -3.58. The van der Waals surface area contributed by atoms with Gasteiger partial charge in [0.1, 0.15) is 18.1 Å². The van der Waals surface area contributed by atoms with Crippen molar-refractivity contribution in [3.8, 4) is 11.5 Å². The molecule has 2 aromatic carbocycles. The first-order valence-corrected chi connectivity index (χ1v) is 10.6. The third kappa shape index (κ3) is 6.56. The Balaban J connectivity index is 1.89. The summed E-state index contributed by atoms with van der Waals surface area (Å²) in [6.07, 6.45) is 0.0412. The fraction of sp³-hybridized carbons (Fsp3) is 0.429. The quantitative estimate of drug-likeness (QED) is 0.687. The van der Waals surface area contributed by atoms with Gasteiger partial charge in [-0.1, -0.05) is 32.9 Å². The summed E-state index contributed by atoms with van der Waals surface area (Å²) < 4.78 is 38.5. The molecule has 0 spiro atoms. The van der Waals surface area contributed by atoms with Crippen molar-refractivity contribution in [3.05, 3.63) is 54.1 Å². The van der Waals surface area contributed by atoms with Crippen LogP contribution in [0.3, 0.4) is 0 Å². The molecule has 0 amide bonds. The van der Waals surface area contributed by atoms with Crippen molar-refractivity contribution in [1.29, 1.82) is 0 Å². The first kappa shape index (κ1) is 21.3. The van der Waals surface area contributed by atoms with Gasteiger partial charge in [-0.15, -0.1) is 0 Å². The minimum Gasteiger partial charge on any atom is -0.492 e. The highest BCUT2D eigenvalue weighted by atomic mass is 32.2. The molecule has 0 atom stereocenters. The molecule has 0 aliphatic carbocycles. The standard InChI is InChI=1S/C21H29NO4S/c1-16(2)26-18-9-11-20(12-10-18)27(23,24)22-13-14-25-19-8-6-7-17(15-19)21(3,4)5/h6-12,15-16,22H,13-14H2,1-5H3. The summed E-state index contributed by atoms with van der Waals surface area (Å²) in [7, 11) is -3.58. The molecular formula is C21H29NO4S. The van der Waals surface area contributed by atoms with Crippen LogP contribution >= 0.6 is 0 Å². The van der Waals surface area contributed by atoms with Gasteiger partial charge in [0, 0.05) is 6.54 Å². The van der Waals surface area contributed by atoms with Crippen molar-refractivity contribution in [1.82, 2.24) is 4.72 Å². The van der Waals surface area contributed by atoms with Gasteiger partial charge in [0.2, 0.25) is 10.0 Å². The molecular weight excluding hydrogens is 362 g/mol. The maximum Gasteiger partial charge on any atom is 0.240 e. The number of nitrogens with one attached hydrogen (secondary N) is 1. The molecule has 2 rings (SSSR count). The second-order valence-corrected chi connectivity index (χ2v) is 9.43. The van der Waals surface area contributed by atoms with Crippen LogP contribution < -0.4 is 14.2 Å². The molecule has 6 heteroatoms. The Bertz CT molecular complexity index is 837. The van der Waals surface area contributed by atoms with Gasteiger partial charge in [-0.2, -0.15) is 0 Å². The van der Waals surface area contributed by atoms with Crippen LogP contribution in [0.2, 0.25) is 0 Å². The van der Waals surface area contributed by atoms with Gasteiger partial charge in [0.15, 0.2) is 0 Å². The van der Waals surface area contributed by atoms with Crippen LogP contribution in [0.5, 0.6) is 11.5 Å². The molecule has 0 aromatic heterocycles. The lowest BCUT2D eigenvalue weighted by atomic mass is 9.87. The molecule has 0 aliphatic heterocycles. The largest absolute Gasteiger partial charge is 0.492 e. The normalized spacial score (nSPS) is 12.2. The van der Waals surface area contributed by atoms with Crippen LogP contribution in [-0.2, 0) is 15.4 Å². The number of ether oxygens (including phenoxy) is 2. The van der Waals surface area contributed by atoms with Gasteiger partial charge >= 0.3 is 0 Å². The Kier molecular flexibility index (Phi) is 6.89. The monoisotopic (exact) mass is 391 g/mol. The minimum absolute atomic E-state index is 0.0341. The van der Waals surface area contributed by atoms with Crippen molar-refractivity contribution in [2.24, 2.45) is 0 Å². The van der Waals surface area contributed by atoms with Crippen molar-refractivity contribution in [2.75, 3.05) is 13.2 Å². The van der Waals surface area contributed by atoms with Crippen LogP contribution in [0.4, 0.5) is 0 Å². The molecule has 0 aliphatic rings. The van der Waals surface area contributed by atoms with Crippen molar-refractivity contribution >= 4 is 10.0 Å². The van der Waals surface area contributed by atoms with Crippen molar-refractivity contribution in [3.63, 3.8) is 0 Å². The summed E-state index contributed by atoms with van der Waals surface area (Å²) in [5, 5.41) is 0. The van der Waals surface area contributed by atoms with Crippen molar-refractivity contribution in [2.45, 2.75) is 51.0 Å². The van der Waals surface area contributed by atoms with E-state index in [1.165, 1.54) is 17.7 Å². The summed E-state index contributed by atoms with van der Waals surface area (Å²) in [6, 6.07) is 14.2. The third-order valence-electron chi connectivity index (χ3n) is 3.87. The summed E-state index contributed by atoms with van der Waals surface area (Å²) >= 11 is 0. The molecule has 0 radical (unpaired) electrons. The Morgan fingerprint density at radius 3 is 2.26 bits per heavy atom. The smallest absolute Gasteiger partial charge is 0.240 e. The summed E-state index contributed by atoms with van der Waals surface area (Å²) in [5.41, 5.74) is 1.20. The van der Waals surface area contributed by atoms with Gasteiger partial charge in [0.05, 0.1) is 11.0 Å². The van der Waals surface area contributed by atoms with E-state index in [-0.39, 0.29) is 29.6 Å². The summed E-state index contributed by atoms with van der Waals surface area (Å²) in [4.78, 5) is 0.202. The second kappa shape index (κ2) is 8.76. The first-order valence-electron chi connectivity index (χ1n) is 9.08. The number of rotatable bonds is 8. The van der Waals surface area contributed by atoms with Crippen LogP contribution in [0, 0.1) is 0 Å². The van der Waals surface area contributed by atoms with E-state index in [1.807, 2.05) is 32.0 Å². The lowest BCUT2D eigenvalue weighted by molar-refractivity contribution is 0.242. The molecule has 27 heavy (non-hydrogen) atoms. The van der Waals surface area contributed by atoms with E-state index in [0.29, 0.717) is 5.75 Å². The van der Waals surface area contributed by atoms with Crippen LogP contribution in [-0.4, -0.2) is 27.7 Å². The lowest BCUT2D eigenvalue weighted by Crippen LogP contribution is -2.28. The molecule has 0 unspecified atom stereocenters. The SMILES string of the molecule is CC(C)Oc1ccc(S(=O)(=O)NCCOc2cccc(C(C)(C)C)c2)cc1.